The molecule has 3 N–H and O–H groups in total. The first kappa shape index (κ1) is 14.2. The van der Waals surface area contributed by atoms with Crippen LogP contribution in [0.5, 0.6) is 0 Å². The lowest BCUT2D eigenvalue weighted by Crippen LogP contribution is -2.28. The van der Waals surface area contributed by atoms with Crippen molar-refractivity contribution in [3.05, 3.63) is 47.5 Å². The summed E-state index contributed by atoms with van der Waals surface area (Å²) < 4.78 is 0. The van der Waals surface area contributed by atoms with Crippen molar-refractivity contribution in [1.29, 1.82) is 0 Å². The van der Waals surface area contributed by atoms with Gasteiger partial charge in [0.1, 0.15) is 12.2 Å². The van der Waals surface area contributed by atoms with Gasteiger partial charge in [-0.15, -0.1) is 0 Å². The molecule has 1 unspecified atom stereocenters. The van der Waals surface area contributed by atoms with Crippen molar-refractivity contribution >= 4 is 5.91 Å². The van der Waals surface area contributed by atoms with E-state index in [0.29, 0.717) is 11.4 Å². The first-order valence-electron chi connectivity index (χ1n) is 6.61. The highest BCUT2D eigenvalue weighted by Gasteiger charge is 2.15. The number of benzene rings is 1. The summed E-state index contributed by atoms with van der Waals surface area (Å²) in [5.41, 5.74) is 1.73. The van der Waals surface area contributed by atoms with E-state index in [1.165, 1.54) is 6.33 Å². The quantitative estimate of drug-likeness (QED) is 0.735. The molecule has 2 aromatic rings. The van der Waals surface area contributed by atoms with Gasteiger partial charge in [-0.1, -0.05) is 18.2 Å². The number of carbonyl (C=O) groups excluding carboxylic acids is 1. The third kappa shape index (κ3) is 3.42. The average molecular weight is 273 g/mol. The topological polar surface area (TPSA) is 82.7 Å². The third-order valence-corrected chi connectivity index (χ3v) is 3.10. The van der Waals surface area contributed by atoms with Crippen LogP contribution in [0.3, 0.4) is 0 Å². The monoisotopic (exact) mass is 273 g/mol. The largest absolute Gasteiger partial charge is 0.342 e. The maximum atomic E-state index is 12.3. The van der Waals surface area contributed by atoms with E-state index in [4.69, 9.17) is 0 Å². The van der Waals surface area contributed by atoms with Crippen molar-refractivity contribution in [3.8, 4) is 0 Å². The second-order valence-electron chi connectivity index (χ2n) is 4.58. The predicted octanol–water partition coefficient (Wildman–Crippen LogP) is 1.06. The highest BCUT2D eigenvalue weighted by Crippen LogP contribution is 2.12. The number of nitrogens with zero attached hydrogens (tertiary/aromatic N) is 2. The van der Waals surface area contributed by atoms with Crippen LogP contribution in [-0.4, -0.2) is 34.7 Å². The molecule has 1 atom stereocenters. The fraction of sp³-hybridized carbons (Fsp3) is 0.357. The van der Waals surface area contributed by atoms with E-state index in [9.17, 15) is 4.79 Å². The maximum Gasteiger partial charge on any atom is 0.252 e. The summed E-state index contributed by atoms with van der Waals surface area (Å²) in [6.45, 7) is 2.70. The molecule has 1 heterocycles. The second-order valence-corrected chi connectivity index (χ2v) is 4.58. The van der Waals surface area contributed by atoms with E-state index in [2.05, 4.69) is 25.8 Å². The molecule has 20 heavy (non-hydrogen) atoms. The van der Waals surface area contributed by atoms with Crippen LogP contribution < -0.4 is 10.6 Å². The van der Waals surface area contributed by atoms with Gasteiger partial charge in [0.25, 0.3) is 5.91 Å². The van der Waals surface area contributed by atoms with Gasteiger partial charge < -0.3 is 10.6 Å². The Hall–Kier alpha value is -2.21. The van der Waals surface area contributed by atoms with E-state index in [-0.39, 0.29) is 11.9 Å². The van der Waals surface area contributed by atoms with Gasteiger partial charge in [0.2, 0.25) is 0 Å². The summed E-state index contributed by atoms with van der Waals surface area (Å²) >= 11 is 0. The number of carbonyl (C=O) groups is 1. The van der Waals surface area contributed by atoms with Crippen molar-refractivity contribution < 1.29 is 4.79 Å². The van der Waals surface area contributed by atoms with Crippen molar-refractivity contribution in [1.82, 2.24) is 25.8 Å². The molecule has 0 aliphatic carbocycles. The number of likely N-dealkylation sites (N-methyl/N-ethyl adjacent to an activating group) is 1. The molecular weight excluding hydrogens is 254 g/mol. The highest BCUT2D eigenvalue weighted by atomic mass is 16.1. The predicted molar refractivity (Wildman–Crippen MR) is 76.3 cm³/mol. The van der Waals surface area contributed by atoms with Crippen LogP contribution in [0.4, 0.5) is 0 Å². The van der Waals surface area contributed by atoms with Gasteiger partial charge in [-0.2, -0.15) is 5.10 Å². The summed E-state index contributed by atoms with van der Waals surface area (Å²) in [4.78, 5) is 16.4. The van der Waals surface area contributed by atoms with E-state index in [1.54, 1.807) is 0 Å². The van der Waals surface area contributed by atoms with Crippen LogP contribution in [0.2, 0.25) is 0 Å². The maximum absolute atomic E-state index is 12.3. The SMILES string of the molecule is CNCCc1ccccc1C(=O)NC(C)c1ncn[nH]1. The lowest BCUT2D eigenvalue weighted by atomic mass is 10.0. The number of hydrogen-bond acceptors (Lipinski definition) is 4. The zero-order valence-corrected chi connectivity index (χ0v) is 11.7. The average Bonchev–Trinajstić information content (AvgIpc) is 2.99. The standard InChI is InChI=1S/C14H19N5O/c1-10(13-16-9-17-19-13)18-14(20)12-6-4-3-5-11(12)7-8-15-2/h3-6,9-10,15H,7-8H2,1-2H3,(H,18,20)(H,16,17,19). The Morgan fingerprint density at radius 1 is 1.40 bits per heavy atom. The molecule has 6 heteroatoms. The normalized spacial score (nSPS) is 12.1. The number of amides is 1. The number of hydrogen-bond donors (Lipinski definition) is 3. The number of rotatable bonds is 6. The molecule has 0 bridgehead atoms. The lowest BCUT2D eigenvalue weighted by Gasteiger charge is -2.13. The molecule has 0 aliphatic rings. The fourth-order valence-electron chi connectivity index (χ4n) is 1.99. The van der Waals surface area contributed by atoms with Crippen LogP contribution in [0.15, 0.2) is 30.6 Å². The van der Waals surface area contributed by atoms with E-state index in [1.807, 2.05) is 38.2 Å². The minimum absolute atomic E-state index is 0.0967. The molecule has 6 nitrogen and oxygen atoms in total. The number of H-pyrrole nitrogens is 1. The minimum Gasteiger partial charge on any atom is -0.342 e. The summed E-state index contributed by atoms with van der Waals surface area (Å²) in [7, 11) is 1.90. The van der Waals surface area contributed by atoms with Crippen LogP contribution in [-0.2, 0) is 6.42 Å². The summed E-state index contributed by atoms with van der Waals surface area (Å²) in [5.74, 6) is 0.548. The van der Waals surface area contributed by atoms with Gasteiger partial charge in [0.05, 0.1) is 6.04 Å². The van der Waals surface area contributed by atoms with Gasteiger partial charge in [-0.05, 0) is 38.6 Å². The summed E-state index contributed by atoms with van der Waals surface area (Å²) in [5, 5.41) is 12.6. The van der Waals surface area contributed by atoms with Crippen LogP contribution in [0.25, 0.3) is 0 Å². The van der Waals surface area contributed by atoms with Crippen LogP contribution in [0, 0.1) is 0 Å². The Bertz CT molecular complexity index is 552. The Kier molecular flexibility index (Phi) is 4.84. The summed E-state index contributed by atoms with van der Waals surface area (Å²) in [6.07, 6.45) is 2.25. The number of nitrogens with one attached hydrogen (secondary N) is 3. The molecule has 0 spiro atoms. The lowest BCUT2D eigenvalue weighted by molar-refractivity contribution is 0.0937. The van der Waals surface area contributed by atoms with Gasteiger partial charge in [-0.3, -0.25) is 9.89 Å². The zero-order chi connectivity index (χ0) is 14.4. The molecule has 1 aromatic carbocycles. The van der Waals surface area contributed by atoms with E-state index in [0.717, 1.165) is 18.5 Å². The Morgan fingerprint density at radius 2 is 2.20 bits per heavy atom. The number of aromatic nitrogens is 3. The van der Waals surface area contributed by atoms with Gasteiger partial charge in [-0.25, -0.2) is 4.98 Å². The van der Waals surface area contributed by atoms with Crippen molar-refractivity contribution in [2.75, 3.05) is 13.6 Å². The molecule has 0 radical (unpaired) electrons. The minimum atomic E-state index is -0.206. The smallest absolute Gasteiger partial charge is 0.252 e. The van der Waals surface area contributed by atoms with Crippen LogP contribution in [0.1, 0.15) is 34.7 Å². The van der Waals surface area contributed by atoms with Gasteiger partial charge in [0.15, 0.2) is 0 Å². The fourth-order valence-corrected chi connectivity index (χ4v) is 1.99. The highest BCUT2D eigenvalue weighted by molar-refractivity contribution is 5.95. The Labute approximate surface area is 118 Å². The molecule has 1 amide bonds. The molecule has 1 aromatic heterocycles. The molecular formula is C14H19N5O. The number of aromatic amines is 1. The molecule has 2 rings (SSSR count). The first-order valence-corrected chi connectivity index (χ1v) is 6.61. The molecule has 106 valence electrons. The van der Waals surface area contributed by atoms with Crippen molar-refractivity contribution in [2.24, 2.45) is 0 Å². The van der Waals surface area contributed by atoms with Crippen molar-refractivity contribution in [2.45, 2.75) is 19.4 Å². The van der Waals surface area contributed by atoms with Crippen molar-refractivity contribution in [3.63, 3.8) is 0 Å². The third-order valence-electron chi connectivity index (χ3n) is 3.10. The zero-order valence-electron chi connectivity index (χ0n) is 11.7. The molecule has 0 fully saturated rings. The summed E-state index contributed by atoms with van der Waals surface area (Å²) in [6, 6.07) is 7.43. The van der Waals surface area contributed by atoms with Gasteiger partial charge >= 0.3 is 0 Å². The molecule has 0 saturated heterocycles. The first-order chi connectivity index (χ1) is 9.72. The Balaban J connectivity index is 2.09. The second kappa shape index (κ2) is 6.81. The molecule has 0 aliphatic heterocycles. The van der Waals surface area contributed by atoms with Gasteiger partial charge in [0, 0.05) is 5.56 Å². The van der Waals surface area contributed by atoms with Crippen LogP contribution >= 0.6 is 0 Å². The Morgan fingerprint density at radius 3 is 2.90 bits per heavy atom. The van der Waals surface area contributed by atoms with E-state index >= 15 is 0 Å². The van der Waals surface area contributed by atoms with E-state index < -0.39 is 0 Å². The molecule has 0 saturated carbocycles.